The standard InChI is InChI=1S/C22H29FN6O3S/c1-3-28(4-2)10-9-18-26-27-20(16-5-7-17(23)8-6-16)29(18)19-14-33-22(25-19)21(32)24-11-15(12-30)13-31/h5-8,14-15,30-31H,3-4,9-13H2,1-2H3,(H,24,32). The van der Waals surface area contributed by atoms with E-state index in [1.165, 1.54) is 23.5 Å². The van der Waals surface area contributed by atoms with E-state index in [1.54, 1.807) is 22.1 Å². The number of rotatable bonds is 12. The molecule has 0 radical (unpaired) electrons. The van der Waals surface area contributed by atoms with E-state index in [9.17, 15) is 19.4 Å². The molecule has 33 heavy (non-hydrogen) atoms. The number of benzene rings is 1. The number of aliphatic hydroxyl groups is 2. The Morgan fingerprint density at radius 1 is 1.18 bits per heavy atom. The lowest BCUT2D eigenvalue weighted by Crippen LogP contribution is -2.32. The number of amides is 1. The van der Waals surface area contributed by atoms with Crippen molar-refractivity contribution in [3.05, 3.63) is 46.3 Å². The van der Waals surface area contributed by atoms with Gasteiger partial charge in [-0.25, -0.2) is 9.37 Å². The summed E-state index contributed by atoms with van der Waals surface area (Å²) in [6, 6.07) is 5.99. The number of carbonyl (C=O) groups excluding carboxylic acids is 1. The third-order valence-corrected chi connectivity index (χ3v) is 6.19. The van der Waals surface area contributed by atoms with Gasteiger partial charge in [0.15, 0.2) is 16.6 Å². The molecule has 0 saturated carbocycles. The van der Waals surface area contributed by atoms with Crippen molar-refractivity contribution in [1.82, 2.24) is 30.0 Å². The summed E-state index contributed by atoms with van der Waals surface area (Å²) in [5.74, 6) is 0.553. The molecule has 9 nitrogen and oxygen atoms in total. The molecule has 2 heterocycles. The van der Waals surface area contributed by atoms with Crippen LogP contribution in [0.5, 0.6) is 0 Å². The Morgan fingerprint density at radius 2 is 1.88 bits per heavy atom. The van der Waals surface area contributed by atoms with Crippen LogP contribution >= 0.6 is 11.3 Å². The van der Waals surface area contributed by atoms with Gasteiger partial charge < -0.3 is 20.4 Å². The number of aliphatic hydroxyl groups excluding tert-OH is 2. The Morgan fingerprint density at radius 3 is 2.52 bits per heavy atom. The number of carbonyl (C=O) groups is 1. The van der Waals surface area contributed by atoms with Gasteiger partial charge in [0.25, 0.3) is 5.91 Å². The fourth-order valence-corrected chi connectivity index (χ4v) is 3.98. The largest absolute Gasteiger partial charge is 0.396 e. The molecule has 1 amide bonds. The summed E-state index contributed by atoms with van der Waals surface area (Å²) in [6.45, 7) is 6.51. The van der Waals surface area contributed by atoms with Crippen LogP contribution in [-0.4, -0.2) is 80.2 Å². The third-order valence-electron chi connectivity index (χ3n) is 5.36. The van der Waals surface area contributed by atoms with Gasteiger partial charge in [-0.15, -0.1) is 21.5 Å². The lowest BCUT2D eigenvalue weighted by molar-refractivity contribution is 0.0921. The van der Waals surface area contributed by atoms with Crippen LogP contribution in [0.2, 0.25) is 0 Å². The zero-order valence-corrected chi connectivity index (χ0v) is 19.6. The second-order valence-electron chi connectivity index (χ2n) is 7.51. The zero-order valence-electron chi connectivity index (χ0n) is 18.7. The quantitative estimate of drug-likeness (QED) is 0.365. The van der Waals surface area contributed by atoms with Crippen molar-refractivity contribution in [3.8, 4) is 17.2 Å². The van der Waals surface area contributed by atoms with Gasteiger partial charge in [0.2, 0.25) is 0 Å². The SMILES string of the molecule is CCN(CC)CCc1nnc(-c2ccc(F)cc2)n1-c1csc(C(=O)NCC(CO)CO)n1. The van der Waals surface area contributed by atoms with Gasteiger partial charge in [0, 0.05) is 49.6 Å². The van der Waals surface area contributed by atoms with Crippen molar-refractivity contribution in [3.63, 3.8) is 0 Å². The molecule has 0 bridgehead atoms. The summed E-state index contributed by atoms with van der Waals surface area (Å²) in [5, 5.41) is 31.7. The third kappa shape index (κ3) is 6.20. The molecular weight excluding hydrogens is 447 g/mol. The van der Waals surface area contributed by atoms with E-state index in [4.69, 9.17) is 0 Å². The maximum Gasteiger partial charge on any atom is 0.280 e. The summed E-state index contributed by atoms with van der Waals surface area (Å²) < 4.78 is 15.3. The van der Waals surface area contributed by atoms with Crippen molar-refractivity contribution in [2.45, 2.75) is 20.3 Å². The molecule has 178 valence electrons. The summed E-state index contributed by atoms with van der Waals surface area (Å²) in [6.07, 6.45) is 0.629. The normalized spacial score (nSPS) is 11.5. The molecule has 0 fully saturated rings. The minimum Gasteiger partial charge on any atom is -0.396 e. The average molecular weight is 477 g/mol. The fourth-order valence-electron chi connectivity index (χ4n) is 3.27. The van der Waals surface area contributed by atoms with Crippen LogP contribution in [0.15, 0.2) is 29.6 Å². The van der Waals surface area contributed by atoms with Gasteiger partial charge in [0.1, 0.15) is 11.6 Å². The van der Waals surface area contributed by atoms with E-state index < -0.39 is 5.92 Å². The van der Waals surface area contributed by atoms with Crippen LogP contribution in [-0.2, 0) is 6.42 Å². The first-order valence-corrected chi connectivity index (χ1v) is 11.8. The zero-order chi connectivity index (χ0) is 23.8. The number of likely N-dealkylation sites (N-methyl/N-ethyl adjacent to an activating group) is 1. The molecule has 0 aliphatic carbocycles. The maximum atomic E-state index is 13.5. The first kappa shape index (κ1) is 24.9. The second kappa shape index (κ2) is 11.9. The van der Waals surface area contributed by atoms with Crippen molar-refractivity contribution >= 4 is 17.2 Å². The first-order chi connectivity index (χ1) is 16.0. The van der Waals surface area contributed by atoms with E-state index in [2.05, 4.69) is 39.2 Å². The van der Waals surface area contributed by atoms with Crippen LogP contribution in [0, 0.1) is 11.7 Å². The molecule has 11 heteroatoms. The minimum atomic E-state index is -0.428. The Hall–Kier alpha value is -2.73. The number of thiazole rings is 1. The van der Waals surface area contributed by atoms with Gasteiger partial charge in [-0.1, -0.05) is 13.8 Å². The Bertz CT molecular complexity index is 1030. The number of hydrogen-bond donors (Lipinski definition) is 3. The number of nitrogens with zero attached hydrogens (tertiary/aromatic N) is 5. The molecule has 0 spiro atoms. The molecule has 1 aromatic carbocycles. The van der Waals surface area contributed by atoms with Crippen molar-refractivity contribution in [2.75, 3.05) is 39.4 Å². The molecule has 0 aliphatic heterocycles. The maximum absolute atomic E-state index is 13.5. The lowest BCUT2D eigenvalue weighted by Gasteiger charge is -2.17. The van der Waals surface area contributed by atoms with E-state index in [1.807, 2.05) is 0 Å². The molecule has 0 atom stereocenters. The molecule has 2 aromatic heterocycles. The summed E-state index contributed by atoms with van der Waals surface area (Å²) in [4.78, 5) is 19.3. The van der Waals surface area contributed by atoms with Gasteiger partial charge >= 0.3 is 0 Å². The molecular formula is C22H29FN6O3S. The van der Waals surface area contributed by atoms with Crippen LogP contribution in [0.25, 0.3) is 17.2 Å². The van der Waals surface area contributed by atoms with E-state index in [-0.39, 0.29) is 36.5 Å². The molecule has 3 rings (SSSR count). The highest BCUT2D eigenvalue weighted by Crippen LogP contribution is 2.25. The highest BCUT2D eigenvalue weighted by molar-refractivity contribution is 7.11. The average Bonchev–Trinajstić information content (AvgIpc) is 3.48. The Balaban J connectivity index is 1.90. The molecule has 0 aliphatic rings. The first-order valence-electron chi connectivity index (χ1n) is 10.9. The Kier molecular flexibility index (Phi) is 9.01. The van der Waals surface area contributed by atoms with E-state index in [0.717, 1.165) is 19.6 Å². The molecule has 3 N–H and O–H groups in total. The summed E-state index contributed by atoms with van der Waals surface area (Å²) >= 11 is 1.18. The number of nitrogens with one attached hydrogen (secondary N) is 1. The molecule has 0 unspecified atom stereocenters. The highest BCUT2D eigenvalue weighted by Gasteiger charge is 2.20. The highest BCUT2D eigenvalue weighted by atomic mass is 32.1. The van der Waals surface area contributed by atoms with Gasteiger partial charge in [-0.2, -0.15) is 0 Å². The fraction of sp³-hybridized carbons (Fsp3) is 0.455. The van der Waals surface area contributed by atoms with Gasteiger partial charge in [-0.05, 0) is 37.4 Å². The van der Waals surface area contributed by atoms with E-state index in [0.29, 0.717) is 29.5 Å². The minimum absolute atomic E-state index is 0.142. The van der Waals surface area contributed by atoms with E-state index >= 15 is 0 Å². The number of hydrogen-bond acceptors (Lipinski definition) is 8. The van der Waals surface area contributed by atoms with Crippen molar-refractivity contribution in [2.24, 2.45) is 5.92 Å². The summed E-state index contributed by atoms with van der Waals surface area (Å²) in [7, 11) is 0. The molecule has 3 aromatic rings. The van der Waals surface area contributed by atoms with Gasteiger partial charge in [-0.3, -0.25) is 9.36 Å². The van der Waals surface area contributed by atoms with Crippen LogP contribution in [0.4, 0.5) is 4.39 Å². The van der Waals surface area contributed by atoms with Gasteiger partial charge in [0.05, 0.1) is 0 Å². The lowest BCUT2D eigenvalue weighted by atomic mass is 10.2. The van der Waals surface area contributed by atoms with Crippen molar-refractivity contribution < 1.29 is 19.4 Å². The summed E-state index contributed by atoms with van der Waals surface area (Å²) in [5.41, 5.74) is 0.686. The predicted octanol–water partition coefficient (Wildman–Crippen LogP) is 1.74. The predicted molar refractivity (Wildman–Crippen MR) is 124 cm³/mol. The number of aromatic nitrogens is 4. The topological polar surface area (TPSA) is 116 Å². The van der Waals surface area contributed by atoms with Crippen LogP contribution in [0.1, 0.15) is 29.5 Å². The molecule has 0 saturated heterocycles. The van der Waals surface area contributed by atoms with Crippen LogP contribution < -0.4 is 5.32 Å². The van der Waals surface area contributed by atoms with Crippen molar-refractivity contribution in [1.29, 1.82) is 0 Å². The number of halogens is 1. The Labute approximate surface area is 195 Å². The monoisotopic (exact) mass is 476 g/mol. The second-order valence-corrected chi connectivity index (χ2v) is 8.37. The smallest absolute Gasteiger partial charge is 0.280 e. The van der Waals surface area contributed by atoms with Crippen LogP contribution in [0.3, 0.4) is 0 Å².